The number of methoxy groups -OCH3 is 1. The fourth-order valence-electron chi connectivity index (χ4n) is 1.50. The fourth-order valence-corrected chi connectivity index (χ4v) is 1.50. The van der Waals surface area contributed by atoms with Gasteiger partial charge in [0.05, 0.1) is 25.1 Å². The Bertz CT molecular complexity index is 468. The summed E-state index contributed by atoms with van der Waals surface area (Å²) in [7, 11) is 1.65. The molecule has 5 heteroatoms. The lowest BCUT2D eigenvalue weighted by Crippen LogP contribution is -2.01. The Morgan fingerprint density at radius 3 is 2.88 bits per heavy atom. The van der Waals surface area contributed by atoms with Crippen molar-refractivity contribution in [3.8, 4) is 5.69 Å². The number of nitrogens with zero attached hydrogens (tertiary/aromatic N) is 3. The van der Waals surface area contributed by atoms with E-state index in [0.29, 0.717) is 12.3 Å². The molecule has 1 heterocycles. The lowest BCUT2D eigenvalue weighted by molar-refractivity contribution is 0.184. The monoisotopic (exact) mass is 219 g/mol. The van der Waals surface area contributed by atoms with E-state index in [2.05, 4.69) is 10.3 Å². The van der Waals surface area contributed by atoms with Crippen LogP contribution in [0, 0.1) is 0 Å². The smallest absolute Gasteiger partial charge is 0.109 e. The molecule has 0 saturated heterocycles. The first-order valence-electron chi connectivity index (χ1n) is 4.94. The highest BCUT2D eigenvalue weighted by Crippen LogP contribution is 2.14. The quantitative estimate of drug-likeness (QED) is 0.830. The predicted molar refractivity (Wildman–Crippen MR) is 58.0 cm³/mol. The third kappa shape index (κ3) is 2.10. The second-order valence-corrected chi connectivity index (χ2v) is 3.37. The predicted octanol–water partition coefficient (Wildman–Crippen LogP) is 0.906. The lowest BCUT2D eigenvalue weighted by atomic mass is 10.2. The molecular weight excluding hydrogens is 206 g/mol. The molecule has 0 aliphatic heterocycles. The zero-order valence-electron chi connectivity index (χ0n) is 9.00. The molecule has 0 unspecified atom stereocenters. The maximum absolute atomic E-state index is 8.93. The zero-order valence-corrected chi connectivity index (χ0v) is 9.00. The van der Waals surface area contributed by atoms with Crippen molar-refractivity contribution in [1.82, 2.24) is 15.0 Å². The molecule has 0 saturated carbocycles. The van der Waals surface area contributed by atoms with E-state index in [4.69, 9.17) is 9.84 Å². The standard InChI is InChI=1S/C11H13N3O2/c1-16-8-9-4-2-3-5-11(9)14-6-10(7-15)12-13-14/h2-6,15H,7-8H2,1H3. The van der Waals surface area contributed by atoms with Crippen LogP contribution in [0.1, 0.15) is 11.3 Å². The average molecular weight is 219 g/mol. The number of ether oxygens (including phenoxy) is 1. The normalized spacial score (nSPS) is 10.6. The molecule has 5 nitrogen and oxygen atoms in total. The average Bonchev–Trinajstić information content (AvgIpc) is 2.79. The van der Waals surface area contributed by atoms with Crippen LogP contribution in [0.25, 0.3) is 5.69 Å². The van der Waals surface area contributed by atoms with Crippen molar-refractivity contribution in [3.63, 3.8) is 0 Å². The second kappa shape index (κ2) is 4.87. The van der Waals surface area contributed by atoms with Crippen molar-refractivity contribution in [3.05, 3.63) is 41.7 Å². The van der Waals surface area contributed by atoms with Crippen LogP contribution in [-0.4, -0.2) is 27.2 Å². The molecule has 84 valence electrons. The maximum atomic E-state index is 8.93. The van der Waals surface area contributed by atoms with Crippen molar-refractivity contribution in [1.29, 1.82) is 0 Å². The van der Waals surface area contributed by atoms with E-state index in [1.165, 1.54) is 0 Å². The Morgan fingerprint density at radius 2 is 2.19 bits per heavy atom. The van der Waals surface area contributed by atoms with E-state index < -0.39 is 0 Å². The third-order valence-corrected chi connectivity index (χ3v) is 2.24. The number of aliphatic hydroxyl groups is 1. The molecule has 1 aromatic heterocycles. The van der Waals surface area contributed by atoms with Gasteiger partial charge >= 0.3 is 0 Å². The van der Waals surface area contributed by atoms with E-state index in [0.717, 1.165) is 11.3 Å². The summed E-state index contributed by atoms with van der Waals surface area (Å²) in [4.78, 5) is 0. The molecule has 0 spiro atoms. The topological polar surface area (TPSA) is 60.2 Å². The first-order valence-corrected chi connectivity index (χ1v) is 4.94. The van der Waals surface area contributed by atoms with Gasteiger partial charge in [0.1, 0.15) is 5.69 Å². The van der Waals surface area contributed by atoms with Gasteiger partial charge < -0.3 is 9.84 Å². The van der Waals surface area contributed by atoms with E-state index in [1.54, 1.807) is 18.0 Å². The van der Waals surface area contributed by atoms with Gasteiger partial charge in [0.25, 0.3) is 0 Å². The highest BCUT2D eigenvalue weighted by Gasteiger charge is 2.06. The van der Waals surface area contributed by atoms with Crippen molar-refractivity contribution in [2.75, 3.05) is 7.11 Å². The van der Waals surface area contributed by atoms with Gasteiger partial charge in [0, 0.05) is 12.7 Å². The van der Waals surface area contributed by atoms with Crippen LogP contribution in [0.5, 0.6) is 0 Å². The molecule has 0 fully saturated rings. The lowest BCUT2D eigenvalue weighted by Gasteiger charge is -2.07. The minimum Gasteiger partial charge on any atom is -0.390 e. The van der Waals surface area contributed by atoms with Crippen LogP contribution >= 0.6 is 0 Å². The van der Waals surface area contributed by atoms with E-state index in [1.807, 2.05) is 24.3 Å². The second-order valence-electron chi connectivity index (χ2n) is 3.37. The van der Waals surface area contributed by atoms with Gasteiger partial charge in [-0.25, -0.2) is 4.68 Å². The number of aliphatic hydroxyl groups excluding tert-OH is 1. The maximum Gasteiger partial charge on any atom is 0.109 e. The van der Waals surface area contributed by atoms with Gasteiger partial charge in [-0.1, -0.05) is 23.4 Å². The summed E-state index contributed by atoms with van der Waals surface area (Å²) >= 11 is 0. The molecule has 2 aromatic rings. The largest absolute Gasteiger partial charge is 0.390 e. The van der Waals surface area contributed by atoms with E-state index in [-0.39, 0.29) is 6.61 Å². The first kappa shape index (κ1) is 10.8. The highest BCUT2D eigenvalue weighted by atomic mass is 16.5. The molecule has 1 N–H and O–H groups in total. The summed E-state index contributed by atoms with van der Waals surface area (Å²) in [6.45, 7) is 0.414. The Hall–Kier alpha value is -1.72. The number of hydrogen-bond acceptors (Lipinski definition) is 4. The number of para-hydroxylation sites is 1. The van der Waals surface area contributed by atoms with Gasteiger partial charge in [-0.3, -0.25) is 0 Å². The third-order valence-electron chi connectivity index (χ3n) is 2.24. The van der Waals surface area contributed by atoms with Gasteiger partial charge in [-0.15, -0.1) is 5.10 Å². The van der Waals surface area contributed by atoms with Crippen LogP contribution in [-0.2, 0) is 18.0 Å². The van der Waals surface area contributed by atoms with Crippen LogP contribution in [0.3, 0.4) is 0 Å². The minimum atomic E-state index is -0.105. The van der Waals surface area contributed by atoms with Gasteiger partial charge in [-0.2, -0.15) is 0 Å². The molecule has 2 rings (SSSR count). The van der Waals surface area contributed by atoms with Crippen LogP contribution in [0.15, 0.2) is 30.5 Å². The Kier molecular flexibility index (Phi) is 3.28. The Balaban J connectivity index is 2.38. The number of rotatable bonds is 4. The van der Waals surface area contributed by atoms with Crippen molar-refractivity contribution in [2.24, 2.45) is 0 Å². The Labute approximate surface area is 93.3 Å². The van der Waals surface area contributed by atoms with Crippen LogP contribution in [0.4, 0.5) is 0 Å². The molecule has 0 amide bonds. The summed E-state index contributed by atoms with van der Waals surface area (Å²) in [5.74, 6) is 0. The SMILES string of the molecule is COCc1ccccc1-n1cc(CO)nn1. The van der Waals surface area contributed by atoms with Gasteiger partial charge in [0.2, 0.25) is 0 Å². The fraction of sp³-hybridized carbons (Fsp3) is 0.273. The first-order chi connectivity index (χ1) is 7.85. The molecule has 0 atom stereocenters. The van der Waals surface area contributed by atoms with Gasteiger partial charge in [0.15, 0.2) is 0 Å². The van der Waals surface area contributed by atoms with Crippen LogP contribution in [0.2, 0.25) is 0 Å². The van der Waals surface area contributed by atoms with E-state index in [9.17, 15) is 0 Å². The summed E-state index contributed by atoms with van der Waals surface area (Å²) in [6, 6.07) is 7.78. The number of hydrogen-bond donors (Lipinski definition) is 1. The highest BCUT2D eigenvalue weighted by molar-refractivity contribution is 5.39. The summed E-state index contributed by atoms with van der Waals surface area (Å²) in [6.07, 6.45) is 1.70. The van der Waals surface area contributed by atoms with Crippen LogP contribution < -0.4 is 0 Å². The van der Waals surface area contributed by atoms with Crippen molar-refractivity contribution >= 4 is 0 Å². The Morgan fingerprint density at radius 1 is 1.38 bits per heavy atom. The molecule has 0 bridgehead atoms. The molecule has 0 aliphatic rings. The molecule has 1 aromatic carbocycles. The molecule has 0 radical (unpaired) electrons. The molecule has 16 heavy (non-hydrogen) atoms. The summed E-state index contributed by atoms with van der Waals surface area (Å²) < 4.78 is 6.75. The molecule has 0 aliphatic carbocycles. The molecular formula is C11H13N3O2. The van der Waals surface area contributed by atoms with Crippen molar-refractivity contribution < 1.29 is 9.84 Å². The summed E-state index contributed by atoms with van der Waals surface area (Å²) in [5.41, 5.74) is 2.49. The summed E-state index contributed by atoms with van der Waals surface area (Å²) in [5, 5.41) is 16.7. The number of aromatic nitrogens is 3. The van der Waals surface area contributed by atoms with Gasteiger partial charge in [-0.05, 0) is 6.07 Å². The van der Waals surface area contributed by atoms with Crippen molar-refractivity contribution in [2.45, 2.75) is 13.2 Å². The zero-order chi connectivity index (χ0) is 11.4. The minimum absolute atomic E-state index is 0.105. The number of benzene rings is 1. The van der Waals surface area contributed by atoms with E-state index >= 15 is 0 Å².